The Morgan fingerprint density at radius 3 is 1.35 bits per heavy atom. The Hall–Kier alpha value is -1.02. The van der Waals surface area contributed by atoms with Crippen LogP contribution in [0.25, 0.3) is 0 Å². The highest BCUT2D eigenvalue weighted by atomic mass is 35.5. The maximum atomic E-state index is 7.94. The summed E-state index contributed by atoms with van der Waals surface area (Å²) in [5.41, 5.74) is 2.28. The SMILES string of the molecule is CC1CCC(Cc2ccccc2)(C(C)C)C(Cl)(OC2(Cl)CC(C)CCC2(Cc2ccccc2)C(C)C)C1. The summed E-state index contributed by atoms with van der Waals surface area (Å²) in [6.45, 7) is 14.0. The number of benzene rings is 2. The maximum Gasteiger partial charge on any atom is 0.150 e. The quantitative estimate of drug-likeness (QED) is 0.301. The van der Waals surface area contributed by atoms with E-state index in [2.05, 4.69) is 102 Å². The Morgan fingerprint density at radius 2 is 1.03 bits per heavy atom. The van der Waals surface area contributed by atoms with Crippen LogP contribution in [-0.2, 0) is 17.6 Å². The van der Waals surface area contributed by atoms with Crippen molar-refractivity contribution >= 4 is 23.2 Å². The molecule has 2 saturated carbocycles. The van der Waals surface area contributed by atoms with Crippen molar-refractivity contribution in [3.63, 3.8) is 0 Å². The molecule has 4 rings (SSSR count). The van der Waals surface area contributed by atoms with E-state index in [0.29, 0.717) is 23.7 Å². The first-order chi connectivity index (χ1) is 17.5. The van der Waals surface area contributed by atoms with E-state index in [-0.39, 0.29) is 10.8 Å². The largest absolute Gasteiger partial charge is 0.337 e. The molecule has 0 saturated heterocycles. The summed E-state index contributed by atoms with van der Waals surface area (Å²) in [6.07, 6.45) is 7.96. The van der Waals surface area contributed by atoms with Crippen molar-refractivity contribution < 1.29 is 4.74 Å². The Balaban J connectivity index is 1.80. The fourth-order valence-electron chi connectivity index (χ4n) is 7.64. The van der Waals surface area contributed by atoms with Crippen LogP contribution in [0.5, 0.6) is 0 Å². The van der Waals surface area contributed by atoms with E-state index in [1.165, 1.54) is 24.0 Å². The zero-order chi connectivity index (χ0) is 26.9. The first kappa shape index (κ1) is 29.0. The molecule has 0 amide bonds. The van der Waals surface area contributed by atoms with Crippen molar-refractivity contribution in [2.75, 3.05) is 0 Å². The van der Waals surface area contributed by atoms with Gasteiger partial charge in [-0.3, -0.25) is 0 Å². The van der Waals surface area contributed by atoms with Crippen molar-refractivity contribution in [2.24, 2.45) is 34.5 Å². The van der Waals surface area contributed by atoms with E-state index < -0.39 is 10.1 Å². The molecule has 0 aliphatic heterocycles. The van der Waals surface area contributed by atoms with Gasteiger partial charge in [0.1, 0.15) is 0 Å². The molecule has 37 heavy (non-hydrogen) atoms. The highest BCUT2D eigenvalue weighted by Gasteiger charge is 2.64. The third-order valence-electron chi connectivity index (χ3n) is 10.1. The monoisotopic (exact) mass is 542 g/mol. The molecule has 0 heterocycles. The first-order valence-electron chi connectivity index (χ1n) is 14.6. The lowest BCUT2D eigenvalue weighted by atomic mass is 9.58. The molecule has 0 spiro atoms. The molecule has 2 aromatic rings. The van der Waals surface area contributed by atoms with Gasteiger partial charge in [-0.1, -0.05) is 125 Å². The van der Waals surface area contributed by atoms with Gasteiger partial charge < -0.3 is 4.74 Å². The van der Waals surface area contributed by atoms with Crippen LogP contribution in [0, 0.1) is 34.5 Å². The normalized spacial score (nSPS) is 36.7. The molecular weight excluding hydrogens is 495 g/mol. The first-order valence-corrected chi connectivity index (χ1v) is 15.4. The summed E-state index contributed by atoms with van der Waals surface area (Å²) in [7, 11) is 0. The topological polar surface area (TPSA) is 9.23 Å². The predicted molar refractivity (Wildman–Crippen MR) is 159 cm³/mol. The summed E-state index contributed by atoms with van der Waals surface area (Å²) in [4.78, 5) is 0. The van der Waals surface area contributed by atoms with Crippen molar-refractivity contribution in [3.05, 3.63) is 71.8 Å². The average Bonchev–Trinajstić information content (AvgIpc) is 2.83. The van der Waals surface area contributed by atoms with E-state index in [0.717, 1.165) is 38.5 Å². The third kappa shape index (κ3) is 5.53. The fourth-order valence-corrected chi connectivity index (χ4v) is 9.23. The standard InChI is InChI=1S/C34H48Cl2O/c1-25(2)31(23-29-13-9-7-10-14-29)19-17-27(5)21-33(31,35)37-34(36)22-28(6)18-20-32(34,26(3)4)24-30-15-11-8-12-16-30/h7-16,25-28H,17-24H2,1-6H3. The summed E-state index contributed by atoms with van der Waals surface area (Å²) in [5.74, 6) is 1.73. The minimum atomic E-state index is -0.829. The van der Waals surface area contributed by atoms with Crippen molar-refractivity contribution in [2.45, 2.75) is 103 Å². The molecule has 2 aliphatic carbocycles. The van der Waals surface area contributed by atoms with Crippen LogP contribution >= 0.6 is 23.2 Å². The van der Waals surface area contributed by atoms with Crippen molar-refractivity contribution in [3.8, 4) is 0 Å². The van der Waals surface area contributed by atoms with Gasteiger partial charge in [0.2, 0.25) is 0 Å². The average molecular weight is 544 g/mol. The highest BCUT2D eigenvalue weighted by Crippen LogP contribution is 2.64. The minimum absolute atomic E-state index is 0.194. The van der Waals surface area contributed by atoms with Gasteiger partial charge in [-0.15, -0.1) is 0 Å². The molecule has 0 radical (unpaired) electrons. The Labute approximate surface area is 236 Å². The number of halogens is 2. The van der Waals surface area contributed by atoms with Crippen LogP contribution in [0.15, 0.2) is 60.7 Å². The van der Waals surface area contributed by atoms with Gasteiger partial charge in [-0.2, -0.15) is 0 Å². The van der Waals surface area contributed by atoms with Crippen LogP contribution in [0.2, 0.25) is 0 Å². The summed E-state index contributed by atoms with van der Waals surface area (Å²) in [6, 6.07) is 21.7. The molecule has 0 bridgehead atoms. The third-order valence-corrected chi connectivity index (χ3v) is 11.3. The molecule has 204 valence electrons. The molecule has 2 aliphatic rings. The lowest BCUT2D eigenvalue weighted by molar-refractivity contribution is -0.231. The number of hydrogen-bond acceptors (Lipinski definition) is 1. The van der Waals surface area contributed by atoms with Crippen LogP contribution in [0.3, 0.4) is 0 Å². The van der Waals surface area contributed by atoms with Gasteiger partial charge in [0.15, 0.2) is 10.1 Å². The molecular formula is C34H48Cl2O. The fraction of sp³-hybridized carbons (Fsp3) is 0.647. The molecule has 6 unspecified atom stereocenters. The molecule has 3 heteroatoms. The lowest BCUT2D eigenvalue weighted by Crippen LogP contribution is -2.63. The van der Waals surface area contributed by atoms with E-state index in [9.17, 15) is 0 Å². The van der Waals surface area contributed by atoms with Gasteiger partial charge in [0.05, 0.1) is 0 Å². The van der Waals surface area contributed by atoms with Crippen LogP contribution in [0.1, 0.15) is 91.2 Å². The van der Waals surface area contributed by atoms with Gasteiger partial charge in [-0.05, 0) is 86.2 Å². The molecule has 2 aromatic carbocycles. The van der Waals surface area contributed by atoms with E-state index >= 15 is 0 Å². The Morgan fingerprint density at radius 1 is 0.676 bits per heavy atom. The van der Waals surface area contributed by atoms with Crippen LogP contribution in [-0.4, -0.2) is 10.1 Å². The van der Waals surface area contributed by atoms with Gasteiger partial charge >= 0.3 is 0 Å². The number of ether oxygens (including phenoxy) is 1. The molecule has 2 fully saturated rings. The second-order valence-electron chi connectivity index (χ2n) is 13.2. The van der Waals surface area contributed by atoms with Gasteiger partial charge in [-0.25, -0.2) is 0 Å². The zero-order valence-electron chi connectivity index (χ0n) is 23.9. The summed E-state index contributed by atoms with van der Waals surface area (Å²) >= 11 is 15.9. The van der Waals surface area contributed by atoms with E-state index in [1.54, 1.807) is 0 Å². The van der Waals surface area contributed by atoms with Gasteiger partial charge in [0.25, 0.3) is 0 Å². The summed E-state index contributed by atoms with van der Waals surface area (Å²) in [5, 5.41) is -1.66. The predicted octanol–water partition coefficient (Wildman–Crippen LogP) is 10.3. The van der Waals surface area contributed by atoms with E-state index in [4.69, 9.17) is 27.9 Å². The lowest BCUT2D eigenvalue weighted by Gasteiger charge is -2.61. The smallest absolute Gasteiger partial charge is 0.150 e. The number of hydrogen-bond donors (Lipinski definition) is 0. The molecule has 6 atom stereocenters. The second kappa shape index (κ2) is 11.2. The highest BCUT2D eigenvalue weighted by molar-refractivity contribution is 6.26. The van der Waals surface area contributed by atoms with Crippen molar-refractivity contribution in [1.82, 2.24) is 0 Å². The number of rotatable bonds is 8. The molecule has 1 nitrogen and oxygen atoms in total. The second-order valence-corrected chi connectivity index (χ2v) is 14.4. The molecule has 0 N–H and O–H groups in total. The van der Waals surface area contributed by atoms with Crippen molar-refractivity contribution in [1.29, 1.82) is 0 Å². The number of alkyl halides is 2. The Bertz CT molecular complexity index is 925. The molecule has 0 aromatic heterocycles. The van der Waals surface area contributed by atoms with Crippen LogP contribution < -0.4 is 0 Å². The zero-order valence-corrected chi connectivity index (χ0v) is 25.4. The van der Waals surface area contributed by atoms with Gasteiger partial charge in [0, 0.05) is 10.8 Å². The van der Waals surface area contributed by atoms with Crippen LogP contribution in [0.4, 0.5) is 0 Å². The van der Waals surface area contributed by atoms with E-state index in [1.807, 2.05) is 0 Å². The Kier molecular flexibility index (Phi) is 8.79. The minimum Gasteiger partial charge on any atom is -0.337 e. The summed E-state index contributed by atoms with van der Waals surface area (Å²) < 4.78 is 7.48. The maximum absolute atomic E-state index is 7.94.